The van der Waals surface area contributed by atoms with Crippen LogP contribution in [0.25, 0.3) is 0 Å². The average molecular weight is 237 g/mol. The van der Waals surface area contributed by atoms with Crippen LogP contribution in [0, 0.1) is 5.92 Å². The molecule has 0 saturated heterocycles. The van der Waals surface area contributed by atoms with Gasteiger partial charge in [0.1, 0.15) is 5.75 Å². The van der Waals surface area contributed by atoms with Crippen LogP contribution < -0.4 is 5.32 Å². The number of benzene rings is 1. The summed E-state index contributed by atoms with van der Waals surface area (Å²) in [4.78, 5) is 0. The molecular formula is C14H23NO2. The van der Waals surface area contributed by atoms with Crippen molar-refractivity contribution in [1.82, 2.24) is 5.32 Å². The SMILES string of the molecule is CCC(NC(CO)C(C)C)c1ccc(O)cc1. The lowest BCUT2D eigenvalue weighted by atomic mass is 9.99. The fourth-order valence-corrected chi connectivity index (χ4v) is 1.87. The Balaban J connectivity index is 2.74. The van der Waals surface area contributed by atoms with Crippen LogP contribution in [-0.2, 0) is 0 Å². The predicted octanol–water partition coefficient (Wildman–Crippen LogP) is 2.45. The summed E-state index contributed by atoms with van der Waals surface area (Å²) in [7, 11) is 0. The van der Waals surface area contributed by atoms with Crippen molar-refractivity contribution in [3.63, 3.8) is 0 Å². The first kappa shape index (κ1) is 14.0. The van der Waals surface area contributed by atoms with E-state index in [1.165, 1.54) is 0 Å². The van der Waals surface area contributed by atoms with Crippen molar-refractivity contribution in [2.45, 2.75) is 39.3 Å². The van der Waals surface area contributed by atoms with Crippen LogP contribution in [0.15, 0.2) is 24.3 Å². The summed E-state index contributed by atoms with van der Waals surface area (Å²) in [6.45, 7) is 6.44. The minimum atomic E-state index is 0.105. The van der Waals surface area contributed by atoms with E-state index in [4.69, 9.17) is 0 Å². The predicted molar refractivity (Wildman–Crippen MR) is 70.0 cm³/mol. The standard InChI is InChI=1S/C14H23NO2/c1-4-13(15-14(9-16)10(2)3)11-5-7-12(17)8-6-11/h5-8,10,13-17H,4,9H2,1-3H3. The molecule has 0 saturated carbocycles. The average Bonchev–Trinajstić information content (AvgIpc) is 2.32. The van der Waals surface area contributed by atoms with Crippen molar-refractivity contribution in [2.75, 3.05) is 6.61 Å². The van der Waals surface area contributed by atoms with Crippen LogP contribution in [0.3, 0.4) is 0 Å². The highest BCUT2D eigenvalue weighted by molar-refractivity contribution is 5.28. The number of phenols is 1. The third kappa shape index (κ3) is 4.02. The molecule has 0 fully saturated rings. The molecule has 0 aliphatic carbocycles. The Morgan fingerprint density at radius 3 is 2.18 bits per heavy atom. The molecule has 17 heavy (non-hydrogen) atoms. The largest absolute Gasteiger partial charge is 0.508 e. The summed E-state index contributed by atoms with van der Waals surface area (Å²) in [5.41, 5.74) is 1.14. The summed E-state index contributed by atoms with van der Waals surface area (Å²) in [6, 6.07) is 7.56. The molecular weight excluding hydrogens is 214 g/mol. The van der Waals surface area contributed by atoms with Gasteiger partial charge in [0.2, 0.25) is 0 Å². The highest BCUT2D eigenvalue weighted by Crippen LogP contribution is 2.21. The lowest BCUT2D eigenvalue weighted by Gasteiger charge is -2.26. The van der Waals surface area contributed by atoms with Gasteiger partial charge in [-0.2, -0.15) is 0 Å². The van der Waals surface area contributed by atoms with E-state index in [9.17, 15) is 10.2 Å². The van der Waals surface area contributed by atoms with Crippen molar-refractivity contribution in [3.05, 3.63) is 29.8 Å². The number of hydrogen-bond donors (Lipinski definition) is 3. The first-order valence-corrected chi connectivity index (χ1v) is 6.24. The number of phenolic OH excluding ortho intramolecular Hbond substituents is 1. The molecule has 1 rings (SSSR count). The Hall–Kier alpha value is -1.06. The normalized spacial score (nSPS) is 14.9. The van der Waals surface area contributed by atoms with Gasteiger partial charge >= 0.3 is 0 Å². The van der Waals surface area contributed by atoms with E-state index in [0.717, 1.165) is 12.0 Å². The van der Waals surface area contributed by atoms with Gasteiger partial charge in [-0.15, -0.1) is 0 Å². The zero-order chi connectivity index (χ0) is 12.8. The minimum Gasteiger partial charge on any atom is -0.508 e. The van der Waals surface area contributed by atoms with E-state index in [1.807, 2.05) is 12.1 Å². The molecule has 0 aliphatic heterocycles. The number of hydrogen-bond acceptors (Lipinski definition) is 3. The molecule has 0 spiro atoms. The fraction of sp³-hybridized carbons (Fsp3) is 0.571. The molecule has 0 heterocycles. The van der Waals surface area contributed by atoms with Gasteiger partial charge < -0.3 is 15.5 Å². The second kappa shape index (κ2) is 6.62. The summed E-state index contributed by atoms with van der Waals surface area (Å²) in [6.07, 6.45) is 0.952. The molecule has 0 bridgehead atoms. The van der Waals surface area contributed by atoms with Crippen LogP contribution >= 0.6 is 0 Å². The first-order valence-electron chi connectivity index (χ1n) is 6.24. The molecule has 0 aliphatic rings. The van der Waals surface area contributed by atoms with E-state index in [0.29, 0.717) is 5.92 Å². The maximum Gasteiger partial charge on any atom is 0.115 e. The number of nitrogens with one attached hydrogen (secondary N) is 1. The van der Waals surface area contributed by atoms with Gasteiger partial charge in [0.15, 0.2) is 0 Å². The Morgan fingerprint density at radius 1 is 1.18 bits per heavy atom. The molecule has 2 unspecified atom stereocenters. The topological polar surface area (TPSA) is 52.5 Å². The van der Waals surface area contributed by atoms with Gasteiger partial charge in [0.25, 0.3) is 0 Å². The molecule has 0 amide bonds. The van der Waals surface area contributed by atoms with Crippen LogP contribution in [0.4, 0.5) is 0 Å². The summed E-state index contributed by atoms with van der Waals surface area (Å²) >= 11 is 0. The Kier molecular flexibility index (Phi) is 5.45. The smallest absolute Gasteiger partial charge is 0.115 e. The first-order chi connectivity index (χ1) is 8.08. The Bertz CT molecular complexity index is 321. The minimum absolute atomic E-state index is 0.105. The highest BCUT2D eigenvalue weighted by Gasteiger charge is 2.17. The molecule has 3 nitrogen and oxygen atoms in total. The monoisotopic (exact) mass is 237 g/mol. The zero-order valence-corrected chi connectivity index (χ0v) is 10.9. The van der Waals surface area contributed by atoms with Gasteiger partial charge in [-0.3, -0.25) is 0 Å². The maximum absolute atomic E-state index is 9.33. The van der Waals surface area contributed by atoms with Gasteiger partial charge in [-0.1, -0.05) is 32.9 Å². The third-order valence-electron chi connectivity index (χ3n) is 3.12. The zero-order valence-electron chi connectivity index (χ0n) is 10.9. The number of aliphatic hydroxyl groups is 1. The van der Waals surface area contributed by atoms with E-state index in [2.05, 4.69) is 26.1 Å². The molecule has 96 valence electrons. The maximum atomic E-state index is 9.33. The van der Waals surface area contributed by atoms with Crippen LogP contribution in [0.5, 0.6) is 5.75 Å². The van der Waals surface area contributed by atoms with Crippen LogP contribution in [0.1, 0.15) is 38.8 Å². The van der Waals surface area contributed by atoms with Gasteiger partial charge in [0, 0.05) is 12.1 Å². The lowest BCUT2D eigenvalue weighted by molar-refractivity contribution is 0.198. The van der Waals surface area contributed by atoms with Crippen LogP contribution in [0.2, 0.25) is 0 Å². The summed E-state index contributed by atoms with van der Waals surface area (Å²) < 4.78 is 0. The number of rotatable bonds is 6. The van der Waals surface area contributed by atoms with E-state index < -0.39 is 0 Å². The van der Waals surface area contributed by atoms with E-state index in [-0.39, 0.29) is 24.4 Å². The second-order valence-electron chi connectivity index (χ2n) is 4.75. The molecule has 0 radical (unpaired) electrons. The van der Waals surface area contributed by atoms with Gasteiger partial charge in [-0.05, 0) is 30.0 Å². The molecule has 0 aromatic heterocycles. The van der Waals surface area contributed by atoms with Crippen molar-refractivity contribution in [2.24, 2.45) is 5.92 Å². The molecule has 3 heteroatoms. The van der Waals surface area contributed by atoms with Gasteiger partial charge in [0.05, 0.1) is 6.61 Å². The Morgan fingerprint density at radius 2 is 1.76 bits per heavy atom. The van der Waals surface area contributed by atoms with Crippen molar-refractivity contribution >= 4 is 0 Å². The van der Waals surface area contributed by atoms with Crippen molar-refractivity contribution in [1.29, 1.82) is 0 Å². The van der Waals surface area contributed by atoms with E-state index >= 15 is 0 Å². The molecule has 1 aromatic rings. The van der Waals surface area contributed by atoms with Crippen LogP contribution in [-0.4, -0.2) is 22.9 Å². The number of aliphatic hydroxyl groups excluding tert-OH is 1. The summed E-state index contributed by atoms with van der Waals surface area (Å²) in [5, 5.41) is 22.1. The fourth-order valence-electron chi connectivity index (χ4n) is 1.87. The second-order valence-corrected chi connectivity index (χ2v) is 4.75. The summed E-state index contributed by atoms with van der Waals surface area (Å²) in [5.74, 6) is 0.678. The van der Waals surface area contributed by atoms with Crippen molar-refractivity contribution < 1.29 is 10.2 Å². The lowest BCUT2D eigenvalue weighted by Crippen LogP contribution is -2.39. The highest BCUT2D eigenvalue weighted by atomic mass is 16.3. The Labute approximate surface area is 103 Å². The molecule has 3 N–H and O–H groups in total. The molecule has 2 atom stereocenters. The van der Waals surface area contributed by atoms with Gasteiger partial charge in [-0.25, -0.2) is 0 Å². The number of aromatic hydroxyl groups is 1. The van der Waals surface area contributed by atoms with Crippen molar-refractivity contribution in [3.8, 4) is 5.75 Å². The quantitative estimate of drug-likeness (QED) is 0.712. The third-order valence-corrected chi connectivity index (χ3v) is 3.12. The van der Waals surface area contributed by atoms with E-state index in [1.54, 1.807) is 12.1 Å². The molecule has 1 aromatic carbocycles.